The molecule has 0 spiro atoms. The first-order chi connectivity index (χ1) is 14.5. The number of hydrogen-bond donors (Lipinski definition) is 1. The van der Waals surface area contributed by atoms with Crippen molar-refractivity contribution in [1.82, 2.24) is 0 Å². The molecule has 178 valence electrons. The summed E-state index contributed by atoms with van der Waals surface area (Å²) in [6.45, 7) is 14.3. The summed E-state index contributed by atoms with van der Waals surface area (Å²) in [5.74, 6) is -5.85. The fourth-order valence-electron chi connectivity index (χ4n) is 3.76. The first-order valence-electron chi connectivity index (χ1n) is 10.4. The van der Waals surface area contributed by atoms with Gasteiger partial charge in [-0.1, -0.05) is 60.6 Å². The van der Waals surface area contributed by atoms with Gasteiger partial charge in [0, 0.05) is 5.56 Å². The molecule has 8 heteroatoms. The molecule has 0 aliphatic carbocycles. The van der Waals surface area contributed by atoms with Crippen molar-refractivity contribution < 1.29 is 30.9 Å². The highest BCUT2D eigenvalue weighted by atomic mass is 32.2. The van der Waals surface area contributed by atoms with Crippen molar-refractivity contribution in [2.45, 2.75) is 72.1 Å². The minimum atomic E-state index is -5.17. The van der Waals surface area contributed by atoms with Gasteiger partial charge in [-0.25, -0.2) is 8.78 Å². The van der Waals surface area contributed by atoms with E-state index in [-0.39, 0.29) is 28.9 Å². The molecule has 1 atom stereocenters. The SMILES string of the molecule is CCc1c(F)c(Oc2ccc(C(CC(C)(C)C)C(C)(C)C)cc2)c(F)c(F)c1S(=O)(=O)O. The van der Waals surface area contributed by atoms with E-state index in [0.717, 1.165) is 12.0 Å². The minimum Gasteiger partial charge on any atom is -0.451 e. The summed E-state index contributed by atoms with van der Waals surface area (Å²) in [6, 6.07) is 6.68. The van der Waals surface area contributed by atoms with Crippen LogP contribution in [0.3, 0.4) is 0 Å². The molecule has 2 aromatic carbocycles. The summed E-state index contributed by atoms with van der Waals surface area (Å²) in [5, 5.41) is 0. The van der Waals surface area contributed by atoms with Crippen LogP contribution in [0.15, 0.2) is 29.2 Å². The summed E-state index contributed by atoms with van der Waals surface area (Å²) < 4.78 is 81.1. The molecule has 0 saturated carbocycles. The zero-order valence-electron chi connectivity index (χ0n) is 19.5. The molecule has 0 heterocycles. The van der Waals surface area contributed by atoms with E-state index in [4.69, 9.17) is 4.74 Å². The maximum Gasteiger partial charge on any atom is 0.297 e. The van der Waals surface area contributed by atoms with E-state index < -0.39 is 43.8 Å². The Balaban J connectivity index is 2.48. The van der Waals surface area contributed by atoms with Crippen LogP contribution in [-0.4, -0.2) is 13.0 Å². The average molecular weight is 473 g/mol. The van der Waals surface area contributed by atoms with Crippen LogP contribution in [0.1, 0.15) is 71.9 Å². The Morgan fingerprint density at radius 2 is 1.47 bits per heavy atom. The topological polar surface area (TPSA) is 63.6 Å². The van der Waals surface area contributed by atoms with Gasteiger partial charge in [0.2, 0.25) is 11.6 Å². The number of rotatable bonds is 6. The van der Waals surface area contributed by atoms with Gasteiger partial charge in [-0.05, 0) is 47.3 Å². The molecule has 0 fully saturated rings. The lowest BCUT2D eigenvalue weighted by Gasteiger charge is -2.36. The molecule has 1 N–H and O–H groups in total. The lowest BCUT2D eigenvalue weighted by atomic mass is 9.69. The number of hydrogen-bond acceptors (Lipinski definition) is 3. The minimum absolute atomic E-state index is 0.0291. The molecule has 0 aliphatic rings. The highest BCUT2D eigenvalue weighted by Gasteiger charge is 2.33. The summed E-state index contributed by atoms with van der Waals surface area (Å²) in [5.41, 5.74) is 0.403. The lowest BCUT2D eigenvalue weighted by molar-refractivity contribution is 0.229. The molecule has 32 heavy (non-hydrogen) atoms. The van der Waals surface area contributed by atoms with Gasteiger partial charge >= 0.3 is 0 Å². The van der Waals surface area contributed by atoms with E-state index in [0.29, 0.717) is 0 Å². The van der Waals surface area contributed by atoms with Gasteiger partial charge in [-0.2, -0.15) is 12.8 Å². The Kier molecular flexibility index (Phi) is 7.42. The molecule has 1 unspecified atom stereocenters. The first-order valence-corrected chi connectivity index (χ1v) is 11.9. The maximum absolute atomic E-state index is 14.8. The fourth-order valence-corrected chi connectivity index (χ4v) is 4.62. The summed E-state index contributed by atoms with van der Waals surface area (Å²) in [4.78, 5) is -1.41. The molecule has 0 saturated heterocycles. The lowest BCUT2D eigenvalue weighted by Crippen LogP contribution is -2.23. The molecule has 4 nitrogen and oxygen atoms in total. The second-order valence-electron chi connectivity index (χ2n) is 10.3. The third-order valence-corrected chi connectivity index (χ3v) is 6.25. The van der Waals surface area contributed by atoms with Gasteiger partial charge in [0.25, 0.3) is 10.1 Å². The number of halogens is 3. The van der Waals surface area contributed by atoms with Gasteiger partial charge in [-0.15, -0.1) is 0 Å². The van der Waals surface area contributed by atoms with Crippen molar-refractivity contribution in [1.29, 1.82) is 0 Å². The van der Waals surface area contributed by atoms with Gasteiger partial charge < -0.3 is 4.74 Å². The second kappa shape index (κ2) is 9.06. The van der Waals surface area contributed by atoms with Crippen LogP contribution in [0.25, 0.3) is 0 Å². The Labute approximate surface area is 188 Å². The predicted octanol–water partition coefficient (Wildman–Crippen LogP) is 7.27. The van der Waals surface area contributed by atoms with Crippen molar-refractivity contribution in [2.75, 3.05) is 0 Å². The second-order valence-corrected chi connectivity index (χ2v) is 11.6. The van der Waals surface area contributed by atoms with E-state index in [9.17, 15) is 26.1 Å². The third-order valence-electron chi connectivity index (χ3n) is 5.31. The van der Waals surface area contributed by atoms with Crippen molar-refractivity contribution in [3.63, 3.8) is 0 Å². The molecular formula is C24H31F3O4S. The van der Waals surface area contributed by atoms with Gasteiger partial charge in [0.05, 0.1) is 0 Å². The Bertz CT molecular complexity index is 1080. The van der Waals surface area contributed by atoms with Crippen molar-refractivity contribution in [3.8, 4) is 11.5 Å². The van der Waals surface area contributed by atoms with Crippen molar-refractivity contribution >= 4 is 10.1 Å². The molecule has 0 aromatic heterocycles. The Hall–Kier alpha value is -2.06. The van der Waals surface area contributed by atoms with Crippen LogP contribution in [0.4, 0.5) is 13.2 Å². The van der Waals surface area contributed by atoms with E-state index >= 15 is 0 Å². The molecule has 0 aliphatic heterocycles. The molecule has 0 amide bonds. The van der Waals surface area contributed by atoms with E-state index in [1.807, 2.05) is 0 Å². The Morgan fingerprint density at radius 1 is 0.938 bits per heavy atom. The average Bonchev–Trinajstić information content (AvgIpc) is 2.64. The van der Waals surface area contributed by atoms with E-state index in [2.05, 4.69) is 41.5 Å². The van der Waals surface area contributed by atoms with Crippen LogP contribution in [0.5, 0.6) is 11.5 Å². The zero-order valence-corrected chi connectivity index (χ0v) is 20.3. The quantitative estimate of drug-likeness (QED) is 0.355. The van der Waals surface area contributed by atoms with Crippen LogP contribution < -0.4 is 4.74 Å². The van der Waals surface area contributed by atoms with Crippen molar-refractivity contribution in [3.05, 3.63) is 52.8 Å². The Morgan fingerprint density at radius 3 is 1.88 bits per heavy atom. The highest BCUT2D eigenvalue weighted by molar-refractivity contribution is 7.85. The molecule has 2 aromatic rings. The maximum atomic E-state index is 14.8. The monoisotopic (exact) mass is 472 g/mol. The van der Waals surface area contributed by atoms with Gasteiger partial charge in [-0.3, -0.25) is 4.55 Å². The van der Waals surface area contributed by atoms with Crippen LogP contribution in [-0.2, 0) is 16.5 Å². The summed E-state index contributed by atoms with van der Waals surface area (Å²) in [7, 11) is -5.17. The van der Waals surface area contributed by atoms with Crippen LogP contribution in [0.2, 0.25) is 0 Å². The highest BCUT2D eigenvalue weighted by Crippen LogP contribution is 2.44. The number of ether oxygens (including phenoxy) is 1. The largest absolute Gasteiger partial charge is 0.451 e. The normalized spacial score (nSPS) is 13.8. The first kappa shape index (κ1) is 26.2. The van der Waals surface area contributed by atoms with Gasteiger partial charge in [0.15, 0.2) is 11.6 Å². The molecule has 0 radical (unpaired) electrons. The van der Waals surface area contributed by atoms with E-state index in [1.165, 1.54) is 19.1 Å². The zero-order chi connectivity index (χ0) is 24.6. The smallest absolute Gasteiger partial charge is 0.297 e. The predicted molar refractivity (Wildman–Crippen MR) is 118 cm³/mol. The standard InChI is InChI=1S/C24H31F3O4S/c1-8-16-18(25)21(19(26)20(27)22(16)32(28,29)30)31-15-11-9-14(10-12-15)17(24(5,6)7)13-23(2,3)4/h9-12,17H,8,13H2,1-7H3,(H,28,29,30). The number of benzene rings is 2. The van der Waals surface area contributed by atoms with Crippen LogP contribution >= 0.6 is 0 Å². The third kappa shape index (κ3) is 5.84. The summed E-state index contributed by atoms with van der Waals surface area (Å²) in [6.07, 6.45) is 0.621. The van der Waals surface area contributed by atoms with Gasteiger partial charge in [0.1, 0.15) is 10.6 Å². The molecule has 0 bridgehead atoms. The molecule has 2 rings (SSSR count). The summed E-state index contributed by atoms with van der Waals surface area (Å²) >= 11 is 0. The van der Waals surface area contributed by atoms with E-state index in [1.54, 1.807) is 12.1 Å². The van der Waals surface area contributed by atoms with Crippen molar-refractivity contribution in [2.24, 2.45) is 10.8 Å². The fraction of sp³-hybridized carbons (Fsp3) is 0.500. The van der Waals surface area contributed by atoms with Crippen LogP contribution in [0, 0.1) is 28.3 Å². The molecular weight excluding hydrogens is 441 g/mol.